The van der Waals surface area contributed by atoms with Gasteiger partial charge in [-0.1, -0.05) is 15.9 Å². The average molecular weight is 447 g/mol. The third kappa shape index (κ3) is 2.71. The molecule has 0 atom stereocenters. The normalized spacial score (nSPS) is 10.9. The number of nitrogens with zero attached hydrogens (tertiary/aromatic N) is 2. The average Bonchev–Trinajstić information content (AvgIpc) is 2.92. The second kappa shape index (κ2) is 5.90. The molecule has 0 fully saturated rings. The minimum absolute atomic E-state index is 0.0389. The number of fused-ring (bicyclic) bond motifs is 1. The Balaban J connectivity index is 2.01. The zero-order chi connectivity index (χ0) is 15.9. The van der Waals surface area contributed by atoms with Crippen molar-refractivity contribution in [2.24, 2.45) is 0 Å². The number of aromatic nitrogens is 2. The van der Waals surface area contributed by atoms with E-state index < -0.39 is 17.3 Å². The summed E-state index contributed by atoms with van der Waals surface area (Å²) in [5.41, 5.74) is -0.703. The molecule has 22 heavy (non-hydrogen) atoms. The molecule has 0 aliphatic rings. The number of benzene rings is 1. The summed E-state index contributed by atoms with van der Waals surface area (Å²) in [6.07, 6.45) is 2.72. The lowest BCUT2D eigenvalue weighted by Gasteiger charge is -2.09. The molecule has 5 nitrogen and oxygen atoms in total. The summed E-state index contributed by atoms with van der Waals surface area (Å²) < 4.78 is 16.1. The number of anilines is 1. The topological polar surface area (TPSA) is 63.5 Å². The minimum atomic E-state index is -0.722. The van der Waals surface area contributed by atoms with Gasteiger partial charge in [-0.2, -0.15) is 0 Å². The summed E-state index contributed by atoms with van der Waals surface area (Å²) in [6.45, 7) is 0. The fourth-order valence-electron chi connectivity index (χ4n) is 1.82. The molecule has 0 aliphatic heterocycles. The molecule has 0 aliphatic carbocycles. The van der Waals surface area contributed by atoms with Crippen molar-refractivity contribution in [2.75, 3.05) is 5.32 Å². The van der Waals surface area contributed by atoms with Crippen molar-refractivity contribution in [2.45, 2.75) is 0 Å². The molecule has 3 aromatic rings. The maximum atomic E-state index is 13.9. The Morgan fingerprint density at radius 3 is 2.86 bits per heavy atom. The van der Waals surface area contributed by atoms with Gasteiger partial charge in [-0.25, -0.2) is 9.37 Å². The maximum absolute atomic E-state index is 13.9. The number of hydrogen-bond donors (Lipinski definition) is 1. The van der Waals surface area contributed by atoms with Crippen molar-refractivity contribution in [3.63, 3.8) is 0 Å². The van der Waals surface area contributed by atoms with Crippen LogP contribution in [0.5, 0.6) is 0 Å². The maximum Gasteiger partial charge on any atom is 0.271 e. The van der Waals surface area contributed by atoms with Gasteiger partial charge in [-0.05, 0) is 28.1 Å². The SMILES string of the molecule is O=C(Nc1c(F)cc(Br)cc1Br)c1cnc2sccn2c1=O. The van der Waals surface area contributed by atoms with Gasteiger partial charge in [0.05, 0.1) is 5.69 Å². The van der Waals surface area contributed by atoms with E-state index in [1.165, 1.54) is 34.2 Å². The van der Waals surface area contributed by atoms with E-state index in [-0.39, 0.29) is 11.3 Å². The van der Waals surface area contributed by atoms with Crippen LogP contribution in [-0.2, 0) is 0 Å². The van der Waals surface area contributed by atoms with Gasteiger partial charge in [0, 0.05) is 26.7 Å². The Kier molecular flexibility index (Phi) is 4.11. The van der Waals surface area contributed by atoms with Crippen LogP contribution in [0.4, 0.5) is 10.1 Å². The van der Waals surface area contributed by atoms with Crippen molar-refractivity contribution in [1.82, 2.24) is 9.38 Å². The Bertz CT molecular complexity index is 931. The van der Waals surface area contributed by atoms with Crippen LogP contribution in [0.3, 0.4) is 0 Å². The molecule has 1 aromatic carbocycles. The standard InChI is InChI=1S/C13H6Br2FN3O2S/c14-6-3-8(15)10(9(16)4-6)18-11(20)7-5-17-13-19(12(7)21)1-2-22-13/h1-5H,(H,18,20). The van der Waals surface area contributed by atoms with Gasteiger partial charge in [0.1, 0.15) is 11.4 Å². The number of thiazole rings is 1. The number of carbonyl (C=O) groups is 1. The van der Waals surface area contributed by atoms with E-state index in [0.717, 1.165) is 0 Å². The van der Waals surface area contributed by atoms with Gasteiger partial charge in [0.15, 0.2) is 4.96 Å². The summed E-state index contributed by atoms with van der Waals surface area (Å²) >= 11 is 7.60. The summed E-state index contributed by atoms with van der Waals surface area (Å²) in [6, 6.07) is 2.80. The molecule has 0 spiro atoms. The highest BCUT2D eigenvalue weighted by molar-refractivity contribution is 9.11. The third-order valence-electron chi connectivity index (χ3n) is 2.83. The molecule has 0 saturated carbocycles. The molecule has 112 valence electrons. The lowest BCUT2D eigenvalue weighted by Crippen LogP contribution is -2.26. The first-order valence-corrected chi connectivity index (χ1v) is 8.34. The van der Waals surface area contributed by atoms with E-state index in [9.17, 15) is 14.0 Å². The van der Waals surface area contributed by atoms with Gasteiger partial charge in [-0.3, -0.25) is 14.0 Å². The van der Waals surface area contributed by atoms with Gasteiger partial charge < -0.3 is 5.32 Å². The molecule has 0 radical (unpaired) electrons. The molecular weight excluding hydrogens is 441 g/mol. The predicted molar refractivity (Wildman–Crippen MR) is 89.1 cm³/mol. The van der Waals surface area contributed by atoms with Crippen molar-refractivity contribution in [1.29, 1.82) is 0 Å². The number of halogens is 3. The van der Waals surface area contributed by atoms with Crippen molar-refractivity contribution >= 4 is 59.8 Å². The Morgan fingerprint density at radius 1 is 1.36 bits per heavy atom. The monoisotopic (exact) mass is 445 g/mol. The fraction of sp³-hybridized carbons (Fsp3) is 0. The predicted octanol–water partition coefficient (Wildman–Crippen LogP) is 3.67. The van der Waals surface area contributed by atoms with E-state index >= 15 is 0 Å². The van der Waals surface area contributed by atoms with E-state index in [4.69, 9.17) is 0 Å². The minimum Gasteiger partial charge on any atom is -0.318 e. The lowest BCUT2D eigenvalue weighted by molar-refractivity contribution is 0.102. The number of carbonyl (C=O) groups excluding carboxylic acids is 1. The summed E-state index contributed by atoms with van der Waals surface area (Å²) in [5.74, 6) is -1.35. The highest BCUT2D eigenvalue weighted by Gasteiger charge is 2.17. The number of rotatable bonds is 2. The zero-order valence-corrected chi connectivity index (χ0v) is 14.6. The quantitative estimate of drug-likeness (QED) is 0.653. The van der Waals surface area contributed by atoms with Crippen molar-refractivity contribution in [3.8, 4) is 0 Å². The Labute approximate surface area is 144 Å². The smallest absolute Gasteiger partial charge is 0.271 e. The summed E-state index contributed by atoms with van der Waals surface area (Å²) in [7, 11) is 0. The largest absolute Gasteiger partial charge is 0.318 e. The molecule has 0 bridgehead atoms. The van der Waals surface area contributed by atoms with Gasteiger partial charge >= 0.3 is 0 Å². The van der Waals surface area contributed by atoms with Crippen LogP contribution >= 0.6 is 43.2 Å². The zero-order valence-electron chi connectivity index (χ0n) is 10.6. The van der Waals surface area contributed by atoms with E-state index in [1.54, 1.807) is 11.4 Å². The van der Waals surface area contributed by atoms with Gasteiger partial charge in [0.25, 0.3) is 11.5 Å². The van der Waals surface area contributed by atoms with E-state index in [0.29, 0.717) is 13.9 Å². The number of amides is 1. The van der Waals surface area contributed by atoms with Crippen LogP contribution < -0.4 is 10.9 Å². The van der Waals surface area contributed by atoms with Gasteiger partial charge in [0.2, 0.25) is 0 Å². The number of hydrogen-bond acceptors (Lipinski definition) is 4. The van der Waals surface area contributed by atoms with Crippen LogP contribution in [0.25, 0.3) is 4.96 Å². The first-order chi connectivity index (χ1) is 10.5. The fourth-order valence-corrected chi connectivity index (χ4v) is 3.77. The van der Waals surface area contributed by atoms with Crippen LogP contribution in [0, 0.1) is 5.82 Å². The Hall–Kier alpha value is -1.58. The Morgan fingerprint density at radius 2 is 2.14 bits per heavy atom. The lowest BCUT2D eigenvalue weighted by atomic mass is 10.2. The molecule has 1 N–H and O–H groups in total. The molecular formula is C13H6Br2FN3O2S. The molecule has 0 saturated heterocycles. The third-order valence-corrected chi connectivity index (χ3v) is 4.69. The molecule has 9 heteroatoms. The molecule has 2 aromatic heterocycles. The van der Waals surface area contributed by atoms with Gasteiger partial charge in [-0.15, -0.1) is 11.3 Å². The molecule has 0 unspecified atom stereocenters. The van der Waals surface area contributed by atoms with Crippen LogP contribution in [0.2, 0.25) is 0 Å². The van der Waals surface area contributed by atoms with Crippen LogP contribution in [-0.4, -0.2) is 15.3 Å². The van der Waals surface area contributed by atoms with E-state index in [2.05, 4.69) is 42.2 Å². The van der Waals surface area contributed by atoms with Crippen molar-refractivity contribution < 1.29 is 9.18 Å². The second-order valence-corrected chi connectivity index (χ2v) is 6.87. The molecule has 3 rings (SSSR count). The first kappa shape index (κ1) is 15.3. The van der Waals surface area contributed by atoms with Crippen molar-refractivity contribution in [3.05, 3.63) is 60.6 Å². The molecule has 1 amide bonds. The highest BCUT2D eigenvalue weighted by Crippen LogP contribution is 2.29. The molecule has 2 heterocycles. The highest BCUT2D eigenvalue weighted by atomic mass is 79.9. The summed E-state index contributed by atoms with van der Waals surface area (Å²) in [4.78, 5) is 28.9. The summed E-state index contributed by atoms with van der Waals surface area (Å²) in [5, 5.41) is 4.08. The second-order valence-electron chi connectivity index (χ2n) is 4.23. The van der Waals surface area contributed by atoms with E-state index in [1.807, 2.05) is 0 Å². The number of nitrogens with one attached hydrogen (secondary N) is 1. The van der Waals surface area contributed by atoms with Crippen LogP contribution in [0.1, 0.15) is 10.4 Å². The van der Waals surface area contributed by atoms with Crippen LogP contribution in [0.15, 0.2) is 43.6 Å². The first-order valence-electron chi connectivity index (χ1n) is 5.88.